The van der Waals surface area contributed by atoms with E-state index >= 15 is 0 Å². The topological polar surface area (TPSA) is 39.4 Å². The summed E-state index contributed by atoms with van der Waals surface area (Å²) < 4.78 is 10.8. The highest BCUT2D eigenvalue weighted by molar-refractivity contribution is 5.94. The van der Waals surface area contributed by atoms with E-state index in [4.69, 9.17) is 9.15 Å². The van der Waals surface area contributed by atoms with Gasteiger partial charge in [0.2, 0.25) is 0 Å². The minimum absolute atomic E-state index is 0.280. The van der Waals surface area contributed by atoms with Crippen LogP contribution in [0.1, 0.15) is 21.7 Å². The van der Waals surface area contributed by atoms with Crippen molar-refractivity contribution in [2.24, 2.45) is 0 Å². The van der Waals surface area contributed by atoms with Gasteiger partial charge in [-0.3, -0.25) is 0 Å². The lowest BCUT2D eigenvalue weighted by atomic mass is 10.1. The molecular weight excluding hydrogens is 252 g/mol. The van der Waals surface area contributed by atoms with Gasteiger partial charge in [0.15, 0.2) is 0 Å². The maximum Gasteiger partial charge on any atom is 0.338 e. The Hall–Kier alpha value is -2.55. The number of hydrogen-bond donors (Lipinski definition) is 0. The van der Waals surface area contributed by atoms with Crippen LogP contribution >= 0.6 is 0 Å². The van der Waals surface area contributed by atoms with Crippen LogP contribution in [0.4, 0.5) is 0 Å². The molecule has 0 aliphatic carbocycles. The van der Waals surface area contributed by atoms with Crippen molar-refractivity contribution in [3.63, 3.8) is 0 Å². The van der Waals surface area contributed by atoms with E-state index in [-0.39, 0.29) is 12.6 Å². The number of furan rings is 1. The molecule has 1 aromatic heterocycles. The molecule has 0 N–H and O–H groups in total. The second kappa shape index (κ2) is 5.21. The maximum atomic E-state index is 12.0. The van der Waals surface area contributed by atoms with E-state index in [0.29, 0.717) is 5.56 Å². The second-order valence-electron chi connectivity index (χ2n) is 4.67. The third-order valence-electron chi connectivity index (χ3n) is 3.09. The molecule has 100 valence electrons. The number of carbonyl (C=O) groups is 1. The number of aryl methyl sites for hydroxylation is 1. The molecule has 0 radical (unpaired) electrons. The van der Waals surface area contributed by atoms with E-state index in [0.717, 1.165) is 22.3 Å². The number of esters is 1. The van der Waals surface area contributed by atoms with Gasteiger partial charge in [-0.05, 0) is 36.8 Å². The average Bonchev–Trinajstić information content (AvgIpc) is 2.85. The van der Waals surface area contributed by atoms with Crippen molar-refractivity contribution < 1.29 is 13.9 Å². The molecule has 0 saturated heterocycles. The highest BCUT2D eigenvalue weighted by Gasteiger charge is 2.09. The van der Waals surface area contributed by atoms with Crippen LogP contribution in [0.3, 0.4) is 0 Å². The van der Waals surface area contributed by atoms with Crippen molar-refractivity contribution in [1.29, 1.82) is 0 Å². The summed E-state index contributed by atoms with van der Waals surface area (Å²) >= 11 is 0. The van der Waals surface area contributed by atoms with Gasteiger partial charge in [0.05, 0.1) is 5.56 Å². The first-order chi connectivity index (χ1) is 9.72. The highest BCUT2D eigenvalue weighted by atomic mass is 16.5. The lowest BCUT2D eigenvalue weighted by molar-refractivity contribution is 0.0473. The SMILES string of the molecule is Cc1cc2cc(C(=O)OCc3ccccc3)ccc2o1. The summed E-state index contributed by atoms with van der Waals surface area (Å²) in [6, 6.07) is 16.8. The van der Waals surface area contributed by atoms with Gasteiger partial charge in [-0.15, -0.1) is 0 Å². The van der Waals surface area contributed by atoms with Gasteiger partial charge in [-0.1, -0.05) is 30.3 Å². The van der Waals surface area contributed by atoms with Crippen LogP contribution in [0.2, 0.25) is 0 Å². The maximum absolute atomic E-state index is 12.0. The van der Waals surface area contributed by atoms with Crippen LogP contribution in [0.25, 0.3) is 11.0 Å². The molecular formula is C17H14O3. The van der Waals surface area contributed by atoms with Crippen molar-refractivity contribution in [2.75, 3.05) is 0 Å². The van der Waals surface area contributed by atoms with Crippen molar-refractivity contribution in [3.05, 3.63) is 71.5 Å². The summed E-state index contributed by atoms with van der Waals surface area (Å²) in [6.07, 6.45) is 0. The molecule has 20 heavy (non-hydrogen) atoms. The van der Waals surface area contributed by atoms with Gasteiger partial charge in [-0.2, -0.15) is 0 Å². The molecule has 3 heteroatoms. The first-order valence-electron chi connectivity index (χ1n) is 6.43. The molecule has 0 atom stereocenters. The zero-order valence-electron chi connectivity index (χ0n) is 11.1. The summed E-state index contributed by atoms with van der Waals surface area (Å²) in [4.78, 5) is 12.0. The lowest BCUT2D eigenvalue weighted by Gasteiger charge is -2.04. The molecule has 0 aliphatic rings. The lowest BCUT2D eigenvalue weighted by Crippen LogP contribution is -2.04. The number of hydrogen-bond acceptors (Lipinski definition) is 3. The van der Waals surface area contributed by atoms with Gasteiger partial charge < -0.3 is 9.15 Å². The van der Waals surface area contributed by atoms with Crippen LogP contribution in [-0.4, -0.2) is 5.97 Å². The Bertz CT molecular complexity index is 741. The van der Waals surface area contributed by atoms with Gasteiger partial charge in [0.25, 0.3) is 0 Å². The molecule has 0 saturated carbocycles. The fraction of sp³-hybridized carbons (Fsp3) is 0.118. The van der Waals surface area contributed by atoms with Crippen LogP contribution in [0.15, 0.2) is 59.0 Å². The highest BCUT2D eigenvalue weighted by Crippen LogP contribution is 2.20. The quantitative estimate of drug-likeness (QED) is 0.670. The van der Waals surface area contributed by atoms with Crippen molar-refractivity contribution in [3.8, 4) is 0 Å². The third-order valence-corrected chi connectivity index (χ3v) is 3.09. The molecule has 2 aromatic carbocycles. The minimum Gasteiger partial charge on any atom is -0.461 e. The smallest absolute Gasteiger partial charge is 0.338 e. The molecule has 0 unspecified atom stereocenters. The summed E-state index contributed by atoms with van der Waals surface area (Å²) in [7, 11) is 0. The Balaban J connectivity index is 1.75. The number of benzene rings is 2. The zero-order valence-corrected chi connectivity index (χ0v) is 11.1. The number of rotatable bonds is 3. The fourth-order valence-electron chi connectivity index (χ4n) is 2.11. The Kier molecular flexibility index (Phi) is 3.25. The summed E-state index contributed by atoms with van der Waals surface area (Å²) in [5.41, 5.74) is 2.29. The molecule has 0 amide bonds. The fourth-order valence-corrected chi connectivity index (χ4v) is 2.11. The van der Waals surface area contributed by atoms with Gasteiger partial charge in [0.1, 0.15) is 18.0 Å². The van der Waals surface area contributed by atoms with E-state index in [9.17, 15) is 4.79 Å². The molecule has 3 nitrogen and oxygen atoms in total. The minimum atomic E-state index is -0.324. The Morgan fingerprint density at radius 2 is 1.90 bits per heavy atom. The molecule has 0 fully saturated rings. The number of fused-ring (bicyclic) bond motifs is 1. The molecule has 3 aromatic rings. The standard InChI is InChI=1S/C17H14O3/c1-12-9-15-10-14(7-8-16(15)20-12)17(18)19-11-13-5-3-2-4-6-13/h2-10H,11H2,1H3. The molecule has 0 bridgehead atoms. The van der Waals surface area contributed by atoms with Gasteiger partial charge >= 0.3 is 5.97 Å². The number of ether oxygens (including phenoxy) is 1. The molecule has 1 heterocycles. The molecule has 0 aliphatic heterocycles. The van der Waals surface area contributed by atoms with Crippen LogP contribution in [0, 0.1) is 6.92 Å². The second-order valence-corrected chi connectivity index (χ2v) is 4.67. The average molecular weight is 266 g/mol. The molecule has 0 spiro atoms. The predicted molar refractivity (Wildman–Crippen MR) is 76.5 cm³/mol. The van der Waals surface area contributed by atoms with Gasteiger partial charge in [0, 0.05) is 5.39 Å². The van der Waals surface area contributed by atoms with E-state index in [1.165, 1.54) is 0 Å². The van der Waals surface area contributed by atoms with Gasteiger partial charge in [-0.25, -0.2) is 4.79 Å². The summed E-state index contributed by atoms with van der Waals surface area (Å²) in [6.45, 7) is 2.16. The Labute approximate surface area is 116 Å². The van der Waals surface area contributed by atoms with Crippen molar-refractivity contribution in [2.45, 2.75) is 13.5 Å². The van der Waals surface area contributed by atoms with Crippen molar-refractivity contribution >= 4 is 16.9 Å². The van der Waals surface area contributed by atoms with E-state index < -0.39 is 0 Å². The van der Waals surface area contributed by atoms with E-state index in [1.54, 1.807) is 18.2 Å². The third kappa shape index (κ3) is 2.57. The normalized spacial score (nSPS) is 10.7. The Morgan fingerprint density at radius 3 is 2.70 bits per heavy atom. The first kappa shape index (κ1) is 12.5. The zero-order chi connectivity index (χ0) is 13.9. The monoisotopic (exact) mass is 266 g/mol. The summed E-state index contributed by atoms with van der Waals surface area (Å²) in [5.74, 6) is 0.504. The predicted octanol–water partition coefficient (Wildman–Crippen LogP) is 4.10. The van der Waals surface area contributed by atoms with Crippen LogP contribution in [-0.2, 0) is 11.3 Å². The summed E-state index contributed by atoms with van der Waals surface area (Å²) in [5, 5.41) is 0.914. The Morgan fingerprint density at radius 1 is 1.10 bits per heavy atom. The van der Waals surface area contributed by atoms with Crippen molar-refractivity contribution in [1.82, 2.24) is 0 Å². The van der Waals surface area contributed by atoms with E-state index in [2.05, 4.69) is 0 Å². The first-order valence-corrected chi connectivity index (χ1v) is 6.43. The van der Waals surface area contributed by atoms with Crippen LogP contribution in [0.5, 0.6) is 0 Å². The molecule has 3 rings (SSSR count). The van der Waals surface area contributed by atoms with E-state index in [1.807, 2.05) is 43.3 Å². The largest absolute Gasteiger partial charge is 0.461 e. The van der Waals surface area contributed by atoms with Crippen LogP contribution < -0.4 is 0 Å². The number of carbonyl (C=O) groups excluding carboxylic acids is 1.